The topological polar surface area (TPSA) is 53.2 Å². The summed E-state index contributed by atoms with van der Waals surface area (Å²) < 4.78 is 1.78. The van der Waals surface area contributed by atoms with Crippen molar-refractivity contribution >= 4 is 15.9 Å². The van der Waals surface area contributed by atoms with Gasteiger partial charge in [0.1, 0.15) is 4.60 Å². The first-order valence-corrected chi connectivity index (χ1v) is 6.18. The molecule has 1 aliphatic heterocycles. The van der Waals surface area contributed by atoms with Crippen molar-refractivity contribution in [3.05, 3.63) is 33.4 Å². The van der Waals surface area contributed by atoms with Crippen LogP contribution in [0.25, 0.3) is 0 Å². The van der Waals surface area contributed by atoms with E-state index in [1.165, 1.54) is 0 Å². The van der Waals surface area contributed by atoms with E-state index < -0.39 is 6.10 Å². The minimum Gasteiger partial charge on any atom is -0.387 e. The first kappa shape index (κ1) is 11.7. The summed E-state index contributed by atoms with van der Waals surface area (Å²) in [6, 6.07) is 5.51. The van der Waals surface area contributed by atoms with Gasteiger partial charge in [-0.15, -0.1) is 0 Å². The van der Waals surface area contributed by atoms with Crippen molar-refractivity contribution in [2.75, 3.05) is 13.1 Å². The highest BCUT2D eigenvalue weighted by Gasteiger charge is 2.30. The second-order valence-corrected chi connectivity index (χ2v) is 4.91. The number of nitroso groups, excluding NO2 is 1. The Hall–Kier alpha value is -0.810. The number of aromatic nitrogens is 1. The number of pyridine rings is 1. The van der Waals surface area contributed by atoms with E-state index in [-0.39, 0.29) is 5.92 Å². The van der Waals surface area contributed by atoms with Gasteiger partial charge in [0.05, 0.1) is 11.8 Å². The third kappa shape index (κ3) is 2.65. The van der Waals surface area contributed by atoms with E-state index in [0.29, 0.717) is 18.8 Å². The van der Waals surface area contributed by atoms with Gasteiger partial charge in [-0.2, -0.15) is 0 Å². The van der Waals surface area contributed by atoms with Gasteiger partial charge in [-0.1, -0.05) is 6.07 Å². The van der Waals surface area contributed by atoms with Crippen LogP contribution < -0.4 is 0 Å². The fourth-order valence-corrected chi connectivity index (χ4v) is 2.38. The van der Waals surface area contributed by atoms with Crippen LogP contribution >= 0.6 is 15.9 Å². The van der Waals surface area contributed by atoms with E-state index in [2.05, 4.69) is 20.9 Å². The van der Waals surface area contributed by atoms with Crippen LogP contribution in [0.4, 0.5) is 0 Å². The molecule has 1 unspecified atom stereocenters. The molecule has 0 spiro atoms. The highest BCUT2D eigenvalue weighted by atomic mass is 79.9. The average molecular weight is 286 g/mol. The van der Waals surface area contributed by atoms with E-state index in [0.717, 1.165) is 22.2 Å². The van der Waals surface area contributed by atoms with Crippen LogP contribution in [-0.2, 0) is 0 Å². The molecule has 1 aromatic rings. The quantitative estimate of drug-likeness (QED) is 0.669. The number of nitrogens with zero attached hydrogens (tertiary/aromatic N) is 2. The monoisotopic (exact) mass is 285 g/mol. The zero-order valence-corrected chi connectivity index (χ0v) is 10.4. The van der Waals surface area contributed by atoms with Crippen LogP contribution in [0.2, 0.25) is 0 Å². The molecule has 0 bridgehead atoms. The average Bonchev–Trinajstić information content (AvgIpc) is 2.29. The SMILES string of the molecule is O=[N+]1CCC(C(O)c2cccc(Br)n2)CC1. The summed E-state index contributed by atoms with van der Waals surface area (Å²) in [6.45, 7) is 1.02. The summed E-state index contributed by atoms with van der Waals surface area (Å²) in [7, 11) is 0. The van der Waals surface area contributed by atoms with E-state index in [4.69, 9.17) is 0 Å². The minimum atomic E-state index is -0.564. The van der Waals surface area contributed by atoms with Gasteiger partial charge in [-0.05, 0) is 32.8 Å². The largest absolute Gasteiger partial charge is 0.387 e. The lowest BCUT2D eigenvalue weighted by Gasteiger charge is -2.22. The molecular formula is C11H14BrN2O2+. The van der Waals surface area contributed by atoms with E-state index in [9.17, 15) is 10.0 Å². The Morgan fingerprint density at radius 2 is 2.12 bits per heavy atom. The van der Waals surface area contributed by atoms with Crippen molar-refractivity contribution in [2.24, 2.45) is 5.92 Å². The number of aliphatic hydroxyl groups excluding tert-OH is 1. The smallest absolute Gasteiger partial charge is 0.192 e. The Morgan fingerprint density at radius 3 is 2.75 bits per heavy atom. The summed E-state index contributed by atoms with van der Waals surface area (Å²) >= 11 is 3.28. The summed E-state index contributed by atoms with van der Waals surface area (Å²) in [4.78, 5) is 15.3. The van der Waals surface area contributed by atoms with E-state index in [1.807, 2.05) is 18.2 Å². The third-order valence-corrected chi connectivity index (χ3v) is 3.43. The normalized spacial score (nSPS) is 19.8. The molecule has 1 aromatic heterocycles. The van der Waals surface area contributed by atoms with Crippen LogP contribution in [0.1, 0.15) is 24.6 Å². The molecule has 1 fully saturated rings. The highest BCUT2D eigenvalue weighted by molar-refractivity contribution is 9.10. The van der Waals surface area contributed by atoms with Gasteiger partial charge in [-0.3, -0.25) is 0 Å². The van der Waals surface area contributed by atoms with Crippen molar-refractivity contribution in [2.45, 2.75) is 18.9 Å². The van der Waals surface area contributed by atoms with Crippen LogP contribution in [0.5, 0.6) is 0 Å². The zero-order valence-electron chi connectivity index (χ0n) is 8.84. The Kier molecular flexibility index (Phi) is 3.66. The minimum absolute atomic E-state index is 0.145. The molecule has 0 amide bonds. The standard InChI is InChI=1S/C11H14BrN2O2/c12-10-3-1-2-9(13-10)11(15)8-4-6-14(16)7-5-8/h1-3,8,11,15H,4-7H2/q+1. The van der Waals surface area contributed by atoms with Gasteiger partial charge in [-0.25, -0.2) is 4.98 Å². The van der Waals surface area contributed by atoms with Crippen molar-refractivity contribution in [3.8, 4) is 0 Å². The van der Waals surface area contributed by atoms with Gasteiger partial charge in [0.15, 0.2) is 13.1 Å². The van der Waals surface area contributed by atoms with Gasteiger partial charge < -0.3 is 5.11 Å². The zero-order chi connectivity index (χ0) is 11.5. The maximum atomic E-state index is 11.0. The summed E-state index contributed by atoms with van der Waals surface area (Å²) in [5, 5.41) is 10.2. The lowest BCUT2D eigenvalue weighted by molar-refractivity contribution is -0.562. The molecule has 2 heterocycles. The second kappa shape index (κ2) is 5.01. The van der Waals surface area contributed by atoms with Crippen LogP contribution in [0.3, 0.4) is 0 Å². The van der Waals surface area contributed by atoms with Crippen molar-refractivity contribution in [1.29, 1.82) is 0 Å². The fraction of sp³-hybridized carbons (Fsp3) is 0.545. The molecule has 4 nitrogen and oxygen atoms in total. The second-order valence-electron chi connectivity index (χ2n) is 4.10. The maximum absolute atomic E-state index is 11.0. The molecule has 1 atom stereocenters. The molecular weight excluding hydrogens is 272 g/mol. The van der Waals surface area contributed by atoms with Gasteiger partial charge in [0.2, 0.25) is 0 Å². The van der Waals surface area contributed by atoms with Crippen LogP contribution in [0.15, 0.2) is 22.8 Å². The van der Waals surface area contributed by atoms with Gasteiger partial charge >= 0.3 is 0 Å². The number of hydrogen-bond donors (Lipinski definition) is 1. The molecule has 0 aromatic carbocycles. The van der Waals surface area contributed by atoms with Crippen LogP contribution in [0, 0.1) is 10.8 Å². The molecule has 86 valence electrons. The van der Waals surface area contributed by atoms with E-state index in [1.54, 1.807) is 0 Å². The molecule has 2 rings (SSSR count). The van der Waals surface area contributed by atoms with Crippen molar-refractivity contribution in [1.82, 2.24) is 4.98 Å². The Labute approximate surface area is 102 Å². The van der Waals surface area contributed by atoms with Crippen LogP contribution in [-0.4, -0.2) is 27.9 Å². The Morgan fingerprint density at radius 1 is 1.44 bits per heavy atom. The Bertz CT molecular complexity index is 387. The number of piperidine rings is 1. The maximum Gasteiger partial charge on any atom is 0.192 e. The molecule has 0 saturated carbocycles. The number of aliphatic hydroxyl groups is 1. The molecule has 0 radical (unpaired) electrons. The number of halogens is 1. The number of hydrogen-bond acceptors (Lipinski definition) is 3. The summed E-state index contributed by atoms with van der Waals surface area (Å²) in [5.41, 5.74) is 0.679. The third-order valence-electron chi connectivity index (χ3n) is 2.98. The molecule has 16 heavy (non-hydrogen) atoms. The van der Waals surface area contributed by atoms with E-state index >= 15 is 0 Å². The summed E-state index contributed by atoms with van der Waals surface area (Å²) in [5.74, 6) is 0.145. The van der Waals surface area contributed by atoms with Gasteiger partial charge in [0, 0.05) is 23.7 Å². The predicted octanol–water partition coefficient (Wildman–Crippen LogP) is 2.07. The van der Waals surface area contributed by atoms with Crippen molar-refractivity contribution in [3.63, 3.8) is 0 Å². The van der Waals surface area contributed by atoms with Gasteiger partial charge in [0.25, 0.3) is 0 Å². The molecule has 5 heteroatoms. The first-order valence-electron chi connectivity index (χ1n) is 5.39. The highest BCUT2D eigenvalue weighted by Crippen LogP contribution is 2.29. The lowest BCUT2D eigenvalue weighted by atomic mass is 9.90. The van der Waals surface area contributed by atoms with Crippen molar-refractivity contribution < 1.29 is 9.87 Å². The Balaban J connectivity index is 2.07. The molecule has 1 aliphatic rings. The molecule has 0 aliphatic carbocycles. The first-order chi connectivity index (χ1) is 7.66. The lowest BCUT2D eigenvalue weighted by Crippen LogP contribution is -2.28. The molecule has 1 saturated heterocycles. The molecule has 1 N–H and O–H groups in total. The fourth-order valence-electron chi connectivity index (χ4n) is 2.02. The number of rotatable bonds is 2. The predicted molar refractivity (Wildman–Crippen MR) is 63.0 cm³/mol. The summed E-state index contributed by atoms with van der Waals surface area (Å²) in [6.07, 6.45) is 0.906.